The number of nitrogens with two attached hydrogens (primary N) is 1. The molecule has 0 saturated heterocycles. The van der Waals surface area contributed by atoms with Gasteiger partial charge in [-0.3, -0.25) is 14.4 Å². The molecule has 0 spiro atoms. The molecule has 0 heterocycles. The largest absolute Gasteiger partial charge is 0.480 e. The van der Waals surface area contributed by atoms with Crippen molar-refractivity contribution in [1.29, 1.82) is 0 Å². The lowest BCUT2D eigenvalue weighted by atomic mass is 10.00. The Balaban J connectivity index is 3.02. The molecule has 0 aliphatic rings. The van der Waals surface area contributed by atoms with Crippen LogP contribution in [0.25, 0.3) is 0 Å². The maximum Gasteiger partial charge on any atom is 0.328 e. The number of rotatable bonds is 11. The summed E-state index contributed by atoms with van der Waals surface area (Å²) in [5, 5.41) is 26.2. The van der Waals surface area contributed by atoms with Gasteiger partial charge in [0, 0.05) is 6.42 Å². The first kappa shape index (κ1) is 26.1. The van der Waals surface area contributed by atoms with Gasteiger partial charge in [0.15, 0.2) is 6.04 Å². The lowest BCUT2D eigenvalue weighted by Crippen LogP contribution is -2.59. The van der Waals surface area contributed by atoms with Crippen LogP contribution in [-0.4, -0.2) is 64.2 Å². The van der Waals surface area contributed by atoms with Crippen LogP contribution in [0.15, 0.2) is 30.3 Å². The molecular weight excluding hydrogens is 404 g/mol. The Kier molecular flexibility index (Phi) is 10.1. The zero-order chi connectivity index (χ0) is 23.7. The molecule has 1 aromatic rings. The fraction of sp³-hybridized carbons (Fsp3) is 0.524. The van der Waals surface area contributed by atoms with Crippen LogP contribution in [0, 0.1) is 5.92 Å². The van der Waals surface area contributed by atoms with Crippen molar-refractivity contribution in [3.63, 3.8) is 0 Å². The van der Waals surface area contributed by atoms with E-state index in [2.05, 4.69) is 16.0 Å². The number of carboxylic acid groups (broad SMARTS) is 1. The summed E-state index contributed by atoms with van der Waals surface area (Å²) in [6, 6.07) is 4.56. The molecule has 0 saturated carbocycles. The molecule has 3 amide bonds. The average Bonchev–Trinajstić information content (AvgIpc) is 2.69. The van der Waals surface area contributed by atoms with Crippen LogP contribution < -0.4 is 21.7 Å². The van der Waals surface area contributed by atoms with Crippen molar-refractivity contribution in [3.05, 3.63) is 35.9 Å². The Labute approximate surface area is 181 Å². The van der Waals surface area contributed by atoms with Gasteiger partial charge >= 0.3 is 5.97 Å². The number of aliphatic hydroxyl groups is 1. The van der Waals surface area contributed by atoms with Crippen molar-refractivity contribution in [2.75, 3.05) is 0 Å². The predicted molar refractivity (Wildman–Crippen MR) is 114 cm³/mol. The third-order valence-electron chi connectivity index (χ3n) is 4.62. The van der Waals surface area contributed by atoms with E-state index in [0.29, 0.717) is 0 Å². The maximum atomic E-state index is 13.0. The maximum absolute atomic E-state index is 13.0. The Hall–Kier alpha value is -2.98. The quantitative estimate of drug-likeness (QED) is 0.262. The van der Waals surface area contributed by atoms with Gasteiger partial charge in [0.05, 0.1) is 12.1 Å². The normalized spacial score (nSPS) is 15.8. The molecule has 0 radical (unpaired) electrons. The molecular formula is C21H32N4O6. The predicted octanol–water partition coefficient (Wildman–Crippen LogP) is -0.848. The molecule has 1 aromatic carbocycles. The summed E-state index contributed by atoms with van der Waals surface area (Å²) in [5.74, 6) is -3.69. The van der Waals surface area contributed by atoms with Crippen LogP contribution in [0.3, 0.4) is 0 Å². The molecule has 1 rings (SSSR count). The molecule has 0 aliphatic heterocycles. The van der Waals surface area contributed by atoms with Gasteiger partial charge in [-0.2, -0.15) is 0 Å². The lowest BCUT2D eigenvalue weighted by molar-refractivity contribution is -0.145. The number of amides is 3. The molecule has 0 fully saturated rings. The number of aliphatic hydroxyl groups excluding tert-OH is 1. The van der Waals surface area contributed by atoms with E-state index < -0.39 is 59.9 Å². The third-order valence-corrected chi connectivity index (χ3v) is 4.62. The van der Waals surface area contributed by atoms with Crippen LogP contribution in [-0.2, 0) is 25.6 Å². The Morgan fingerprint density at radius 1 is 0.871 bits per heavy atom. The summed E-state index contributed by atoms with van der Waals surface area (Å²) in [7, 11) is 0. The minimum absolute atomic E-state index is 0.170. The first-order chi connectivity index (χ1) is 14.4. The van der Waals surface area contributed by atoms with E-state index in [0.717, 1.165) is 5.56 Å². The van der Waals surface area contributed by atoms with Crippen molar-refractivity contribution in [3.8, 4) is 0 Å². The van der Waals surface area contributed by atoms with Gasteiger partial charge < -0.3 is 31.9 Å². The zero-order valence-corrected chi connectivity index (χ0v) is 18.2. The molecule has 5 atom stereocenters. The van der Waals surface area contributed by atoms with E-state index in [9.17, 15) is 29.4 Å². The smallest absolute Gasteiger partial charge is 0.328 e. The first-order valence-corrected chi connectivity index (χ1v) is 10.1. The van der Waals surface area contributed by atoms with E-state index in [4.69, 9.17) is 5.73 Å². The number of hydrogen-bond donors (Lipinski definition) is 6. The van der Waals surface area contributed by atoms with Crippen LogP contribution in [0.4, 0.5) is 0 Å². The lowest BCUT2D eigenvalue weighted by Gasteiger charge is -2.27. The number of carboxylic acids is 1. The van der Waals surface area contributed by atoms with Gasteiger partial charge in [-0.15, -0.1) is 0 Å². The van der Waals surface area contributed by atoms with Gasteiger partial charge in [0.2, 0.25) is 17.7 Å². The molecule has 0 aliphatic carbocycles. The molecule has 5 unspecified atom stereocenters. The molecule has 172 valence electrons. The third kappa shape index (κ3) is 8.35. The minimum Gasteiger partial charge on any atom is -0.480 e. The van der Waals surface area contributed by atoms with Crippen molar-refractivity contribution in [2.24, 2.45) is 11.7 Å². The average molecular weight is 437 g/mol. The standard InChI is InChI=1S/C21H32N4O6/c1-11(2)16(20(29)25-17(13(4)26)21(30)31)24-19(28)15(23-18(27)12(3)22)10-14-8-6-5-7-9-14/h5-9,11-13,15-17,26H,10,22H2,1-4H3,(H,23,27)(H,24,28)(H,25,29)(H,30,31). The summed E-state index contributed by atoms with van der Waals surface area (Å²) >= 11 is 0. The number of nitrogens with one attached hydrogen (secondary N) is 3. The van der Waals surface area contributed by atoms with Crippen molar-refractivity contribution in [2.45, 2.75) is 64.4 Å². The van der Waals surface area contributed by atoms with Crippen molar-refractivity contribution >= 4 is 23.7 Å². The SMILES string of the molecule is CC(N)C(=O)NC(Cc1ccccc1)C(=O)NC(C(=O)NC(C(=O)O)C(C)O)C(C)C. The van der Waals surface area contributed by atoms with Crippen LogP contribution in [0.2, 0.25) is 0 Å². The summed E-state index contributed by atoms with van der Waals surface area (Å²) < 4.78 is 0. The van der Waals surface area contributed by atoms with Gasteiger partial charge in [-0.1, -0.05) is 44.2 Å². The van der Waals surface area contributed by atoms with Gasteiger partial charge in [0.25, 0.3) is 0 Å². The highest BCUT2D eigenvalue weighted by atomic mass is 16.4. The summed E-state index contributed by atoms with van der Waals surface area (Å²) in [6.07, 6.45) is -1.16. The van der Waals surface area contributed by atoms with Gasteiger partial charge in [-0.25, -0.2) is 4.79 Å². The number of carbonyl (C=O) groups is 4. The Bertz CT molecular complexity index is 766. The molecule has 0 bridgehead atoms. The van der Waals surface area contributed by atoms with E-state index in [-0.39, 0.29) is 6.42 Å². The second kappa shape index (κ2) is 12.0. The summed E-state index contributed by atoms with van der Waals surface area (Å²) in [6.45, 7) is 6.07. The molecule has 0 aromatic heterocycles. The van der Waals surface area contributed by atoms with E-state index >= 15 is 0 Å². The minimum atomic E-state index is -1.52. The van der Waals surface area contributed by atoms with Crippen LogP contribution >= 0.6 is 0 Å². The fourth-order valence-corrected chi connectivity index (χ4v) is 2.78. The number of benzene rings is 1. The second-order valence-corrected chi connectivity index (χ2v) is 7.83. The molecule has 10 heteroatoms. The van der Waals surface area contributed by atoms with E-state index in [1.54, 1.807) is 38.1 Å². The second-order valence-electron chi connectivity index (χ2n) is 7.83. The van der Waals surface area contributed by atoms with Crippen molar-refractivity contribution < 1.29 is 29.4 Å². The summed E-state index contributed by atoms with van der Waals surface area (Å²) in [4.78, 5) is 49.0. The van der Waals surface area contributed by atoms with Crippen molar-refractivity contribution in [1.82, 2.24) is 16.0 Å². The topological polar surface area (TPSA) is 171 Å². The fourth-order valence-electron chi connectivity index (χ4n) is 2.78. The monoisotopic (exact) mass is 436 g/mol. The molecule has 7 N–H and O–H groups in total. The Morgan fingerprint density at radius 3 is 1.87 bits per heavy atom. The highest BCUT2D eigenvalue weighted by Gasteiger charge is 2.33. The van der Waals surface area contributed by atoms with E-state index in [1.807, 2.05) is 6.07 Å². The molecule has 10 nitrogen and oxygen atoms in total. The Morgan fingerprint density at radius 2 is 1.42 bits per heavy atom. The number of hydrogen-bond acceptors (Lipinski definition) is 6. The first-order valence-electron chi connectivity index (χ1n) is 10.1. The number of aliphatic carboxylic acids is 1. The highest BCUT2D eigenvalue weighted by molar-refractivity contribution is 5.94. The highest BCUT2D eigenvalue weighted by Crippen LogP contribution is 2.08. The molecule has 31 heavy (non-hydrogen) atoms. The van der Waals surface area contributed by atoms with E-state index in [1.165, 1.54) is 13.8 Å². The van der Waals surface area contributed by atoms with Crippen LogP contribution in [0.5, 0.6) is 0 Å². The summed E-state index contributed by atoms with van der Waals surface area (Å²) in [5.41, 5.74) is 6.39. The number of carbonyl (C=O) groups excluding carboxylic acids is 3. The van der Waals surface area contributed by atoms with Crippen LogP contribution in [0.1, 0.15) is 33.3 Å². The van der Waals surface area contributed by atoms with Gasteiger partial charge in [-0.05, 0) is 25.3 Å². The van der Waals surface area contributed by atoms with Gasteiger partial charge in [0.1, 0.15) is 12.1 Å². The zero-order valence-electron chi connectivity index (χ0n) is 18.2.